The summed E-state index contributed by atoms with van der Waals surface area (Å²) in [6.07, 6.45) is 2.98. The van der Waals surface area contributed by atoms with E-state index in [0.29, 0.717) is 43.3 Å². The van der Waals surface area contributed by atoms with Gasteiger partial charge in [-0.25, -0.2) is 4.98 Å². The van der Waals surface area contributed by atoms with E-state index in [1.54, 1.807) is 21.9 Å². The van der Waals surface area contributed by atoms with Crippen LogP contribution in [-0.2, 0) is 14.4 Å². The summed E-state index contributed by atoms with van der Waals surface area (Å²) in [6, 6.07) is 3.34. The lowest BCUT2D eigenvalue weighted by molar-refractivity contribution is -0.138. The van der Waals surface area contributed by atoms with E-state index in [-0.39, 0.29) is 41.5 Å². The summed E-state index contributed by atoms with van der Waals surface area (Å²) in [7, 11) is 0. The average molecular weight is 407 g/mol. The molecular formula is C20H27ClN4O3. The molecule has 7 nitrogen and oxygen atoms in total. The zero-order valence-electron chi connectivity index (χ0n) is 16.6. The zero-order valence-corrected chi connectivity index (χ0v) is 17.3. The minimum Gasteiger partial charge on any atom is -0.342 e. The molecule has 2 aliphatic heterocycles. The Bertz CT molecular complexity index is 752. The van der Waals surface area contributed by atoms with E-state index in [0.717, 1.165) is 0 Å². The number of piperidine rings is 1. The van der Waals surface area contributed by atoms with Crippen LogP contribution in [-0.4, -0.2) is 57.7 Å². The van der Waals surface area contributed by atoms with Crippen molar-refractivity contribution in [2.45, 2.75) is 45.6 Å². The molecule has 0 radical (unpaired) electrons. The first kappa shape index (κ1) is 20.6. The number of pyridine rings is 1. The van der Waals surface area contributed by atoms with Gasteiger partial charge in [-0.2, -0.15) is 0 Å². The first-order chi connectivity index (χ1) is 13.1. The predicted molar refractivity (Wildman–Crippen MR) is 107 cm³/mol. The minimum absolute atomic E-state index is 0.0262. The molecule has 152 valence electrons. The highest BCUT2D eigenvalue weighted by Crippen LogP contribution is 2.28. The second-order valence-electron chi connectivity index (χ2n) is 8.53. The highest BCUT2D eigenvalue weighted by molar-refractivity contribution is 6.30. The highest BCUT2D eigenvalue weighted by atomic mass is 35.5. The lowest BCUT2D eigenvalue weighted by Crippen LogP contribution is -2.46. The molecule has 2 aliphatic rings. The van der Waals surface area contributed by atoms with Crippen LogP contribution in [0.3, 0.4) is 0 Å². The Balaban J connectivity index is 1.51. The summed E-state index contributed by atoms with van der Waals surface area (Å²) < 4.78 is 0. The van der Waals surface area contributed by atoms with Gasteiger partial charge in [0.15, 0.2) is 0 Å². The van der Waals surface area contributed by atoms with Gasteiger partial charge in [-0.1, -0.05) is 11.6 Å². The largest absolute Gasteiger partial charge is 0.342 e. The van der Waals surface area contributed by atoms with Gasteiger partial charge >= 0.3 is 0 Å². The Morgan fingerprint density at radius 1 is 1.18 bits per heavy atom. The maximum atomic E-state index is 12.8. The van der Waals surface area contributed by atoms with Gasteiger partial charge < -0.3 is 15.1 Å². The number of aromatic nitrogens is 1. The van der Waals surface area contributed by atoms with Gasteiger partial charge in [0.05, 0.1) is 10.9 Å². The van der Waals surface area contributed by atoms with Gasteiger partial charge in [0, 0.05) is 43.7 Å². The standard InChI is InChI=1S/C20H27ClN4O3/c1-20(2,3)25-12-14(10-17(25)26)19(28)24-8-6-13(7-9-24)18(27)23-16-5-4-15(21)11-22-16/h4-5,11,13-14H,6-10,12H2,1-3H3,(H,22,23,27). The number of carbonyl (C=O) groups is 3. The smallest absolute Gasteiger partial charge is 0.228 e. The number of halogens is 1. The minimum atomic E-state index is -0.282. The van der Waals surface area contributed by atoms with Crippen LogP contribution in [0, 0.1) is 11.8 Å². The molecule has 2 fully saturated rings. The molecule has 3 rings (SSSR count). The lowest BCUT2D eigenvalue weighted by atomic mass is 9.94. The van der Waals surface area contributed by atoms with Gasteiger partial charge in [0.1, 0.15) is 5.82 Å². The maximum absolute atomic E-state index is 12.8. The molecular weight excluding hydrogens is 380 g/mol. The van der Waals surface area contributed by atoms with E-state index >= 15 is 0 Å². The van der Waals surface area contributed by atoms with E-state index in [4.69, 9.17) is 11.6 Å². The SMILES string of the molecule is CC(C)(C)N1CC(C(=O)N2CCC(C(=O)Nc3ccc(Cl)cn3)CC2)CC1=O. The normalized spacial score (nSPS) is 21.1. The Morgan fingerprint density at radius 3 is 2.39 bits per heavy atom. The van der Waals surface area contributed by atoms with Crippen LogP contribution in [0.2, 0.25) is 5.02 Å². The molecule has 0 aromatic carbocycles. The van der Waals surface area contributed by atoms with Gasteiger partial charge in [-0.05, 0) is 45.7 Å². The lowest BCUT2D eigenvalue weighted by Gasteiger charge is -2.34. The molecule has 28 heavy (non-hydrogen) atoms. The van der Waals surface area contributed by atoms with Crippen LogP contribution in [0.25, 0.3) is 0 Å². The number of likely N-dealkylation sites (tertiary alicyclic amines) is 2. The van der Waals surface area contributed by atoms with Crippen LogP contribution in [0.5, 0.6) is 0 Å². The molecule has 1 atom stereocenters. The summed E-state index contributed by atoms with van der Waals surface area (Å²) in [6.45, 7) is 7.49. The molecule has 1 aromatic heterocycles. The summed E-state index contributed by atoms with van der Waals surface area (Å²) >= 11 is 5.80. The van der Waals surface area contributed by atoms with Crippen LogP contribution in [0.1, 0.15) is 40.0 Å². The average Bonchev–Trinajstić information content (AvgIpc) is 3.05. The fourth-order valence-corrected chi connectivity index (χ4v) is 3.93. The van der Waals surface area contributed by atoms with Crippen molar-refractivity contribution in [3.05, 3.63) is 23.4 Å². The number of nitrogens with one attached hydrogen (secondary N) is 1. The number of anilines is 1. The molecule has 2 saturated heterocycles. The second-order valence-corrected chi connectivity index (χ2v) is 8.96. The van der Waals surface area contributed by atoms with Gasteiger partial charge in [-0.15, -0.1) is 0 Å². The van der Waals surface area contributed by atoms with Crippen molar-refractivity contribution in [3.63, 3.8) is 0 Å². The summed E-state index contributed by atoms with van der Waals surface area (Å²) in [4.78, 5) is 45.2. The fourth-order valence-electron chi connectivity index (χ4n) is 3.82. The summed E-state index contributed by atoms with van der Waals surface area (Å²) in [5.41, 5.74) is -0.271. The summed E-state index contributed by atoms with van der Waals surface area (Å²) in [5.74, 6) is 0.0126. The van der Waals surface area contributed by atoms with Gasteiger partial charge in [0.25, 0.3) is 0 Å². The molecule has 1 aromatic rings. The summed E-state index contributed by atoms with van der Waals surface area (Å²) in [5, 5.41) is 3.32. The Hall–Kier alpha value is -2.15. The number of hydrogen-bond acceptors (Lipinski definition) is 4. The van der Waals surface area contributed by atoms with Crippen molar-refractivity contribution in [2.75, 3.05) is 25.0 Å². The Morgan fingerprint density at radius 2 is 1.86 bits per heavy atom. The number of rotatable bonds is 3. The van der Waals surface area contributed by atoms with E-state index in [9.17, 15) is 14.4 Å². The van der Waals surface area contributed by atoms with E-state index in [2.05, 4.69) is 10.3 Å². The zero-order chi connectivity index (χ0) is 20.5. The van der Waals surface area contributed by atoms with Crippen LogP contribution in [0.15, 0.2) is 18.3 Å². The van der Waals surface area contributed by atoms with E-state index in [1.165, 1.54) is 6.20 Å². The van der Waals surface area contributed by atoms with Crippen molar-refractivity contribution in [1.29, 1.82) is 0 Å². The number of hydrogen-bond donors (Lipinski definition) is 1. The van der Waals surface area contributed by atoms with Gasteiger partial charge in [-0.3, -0.25) is 14.4 Å². The first-order valence-corrected chi connectivity index (χ1v) is 10.0. The number of nitrogens with zero attached hydrogens (tertiary/aromatic N) is 3. The monoisotopic (exact) mass is 406 g/mol. The first-order valence-electron chi connectivity index (χ1n) is 9.67. The van der Waals surface area contributed by atoms with Crippen LogP contribution >= 0.6 is 11.6 Å². The van der Waals surface area contributed by atoms with Crippen molar-refractivity contribution in [2.24, 2.45) is 11.8 Å². The van der Waals surface area contributed by atoms with E-state index < -0.39 is 0 Å². The molecule has 0 spiro atoms. The molecule has 1 N–H and O–H groups in total. The molecule has 3 amide bonds. The predicted octanol–water partition coefficient (Wildman–Crippen LogP) is 2.56. The Kier molecular flexibility index (Phi) is 5.93. The van der Waals surface area contributed by atoms with Crippen molar-refractivity contribution in [3.8, 4) is 0 Å². The van der Waals surface area contributed by atoms with Gasteiger partial charge in [0.2, 0.25) is 17.7 Å². The molecule has 3 heterocycles. The number of amides is 3. The molecule has 0 aliphatic carbocycles. The van der Waals surface area contributed by atoms with Crippen molar-refractivity contribution < 1.29 is 14.4 Å². The third kappa shape index (κ3) is 4.63. The molecule has 0 bridgehead atoms. The second kappa shape index (κ2) is 8.07. The molecule has 0 saturated carbocycles. The number of carbonyl (C=O) groups excluding carboxylic acids is 3. The fraction of sp³-hybridized carbons (Fsp3) is 0.600. The Labute approximate surface area is 170 Å². The third-order valence-corrected chi connectivity index (χ3v) is 5.66. The highest BCUT2D eigenvalue weighted by Gasteiger charge is 2.41. The molecule has 1 unspecified atom stereocenters. The van der Waals surface area contributed by atoms with Crippen LogP contribution in [0.4, 0.5) is 5.82 Å². The van der Waals surface area contributed by atoms with Crippen molar-refractivity contribution in [1.82, 2.24) is 14.8 Å². The topological polar surface area (TPSA) is 82.6 Å². The quantitative estimate of drug-likeness (QED) is 0.836. The van der Waals surface area contributed by atoms with Crippen LogP contribution < -0.4 is 5.32 Å². The van der Waals surface area contributed by atoms with Crippen molar-refractivity contribution >= 4 is 35.1 Å². The third-order valence-electron chi connectivity index (χ3n) is 5.44. The van der Waals surface area contributed by atoms with E-state index in [1.807, 2.05) is 20.8 Å². The molecule has 8 heteroatoms. The maximum Gasteiger partial charge on any atom is 0.228 e.